The van der Waals surface area contributed by atoms with Crippen LogP contribution in [0.3, 0.4) is 0 Å². The van der Waals surface area contributed by atoms with Crippen LogP contribution in [-0.2, 0) is 20.7 Å². The summed E-state index contributed by atoms with van der Waals surface area (Å²) in [4.78, 5) is 37.0. The summed E-state index contributed by atoms with van der Waals surface area (Å²) in [6.07, 6.45) is 2.17. The molecule has 2 aromatic rings. The molecule has 1 aliphatic heterocycles. The average molecular weight is 470 g/mol. The van der Waals surface area contributed by atoms with E-state index in [0.717, 1.165) is 17.2 Å². The quantitative estimate of drug-likeness (QED) is 0.364. The third-order valence-corrected chi connectivity index (χ3v) is 5.24. The number of ketones is 1. The van der Waals surface area contributed by atoms with Crippen LogP contribution in [0, 0.1) is 5.82 Å². The number of Topliss-reactive ketones (excluding diaryl/α,β-unsaturated/α-hetero) is 1. The summed E-state index contributed by atoms with van der Waals surface area (Å²) >= 11 is 0. The van der Waals surface area contributed by atoms with Crippen molar-refractivity contribution in [3.8, 4) is 16.9 Å². The van der Waals surface area contributed by atoms with Gasteiger partial charge in [0.2, 0.25) is 0 Å². The molecule has 1 amide bonds. The van der Waals surface area contributed by atoms with Crippen LogP contribution < -0.4 is 4.74 Å². The number of nitrogens with zero attached hydrogens (tertiary/aromatic N) is 1. The fourth-order valence-electron chi connectivity index (χ4n) is 3.83. The van der Waals surface area contributed by atoms with Crippen molar-refractivity contribution in [1.29, 1.82) is 0 Å². The highest BCUT2D eigenvalue weighted by molar-refractivity contribution is 5.88. The predicted octanol–water partition coefficient (Wildman–Crippen LogP) is 4.98. The third kappa shape index (κ3) is 6.43. The van der Waals surface area contributed by atoms with E-state index in [1.807, 2.05) is 0 Å². The fourth-order valence-corrected chi connectivity index (χ4v) is 3.83. The number of esters is 1. The lowest BCUT2D eigenvalue weighted by molar-refractivity contribution is -0.148. The second-order valence-electron chi connectivity index (χ2n) is 9.03. The van der Waals surface area contributed by atoms with E-state index >= 15 is 0 Å². The van der Waals surface area contributed by atoms with Crippen LogP contribution in [-0.4, -0.2) is 46.0 Å². The number of benzene rings is 2. The Morgan fingerprint density at radius 2 is 1.94 bits per heavy atom. The monoisotopic (exact) mass is 469 g/mol. The maximum absolute atomic E-state index is 14.8. The minimum absolute atomic E-state index is 0.124. The lowest BCUT2D eigenvalue weighted by Crippen LogP contribution is -2.49. The number of carbonyl (C=O) groups is 3. The van der Waals surface area contributed by atoms with Crippen molar-refractivity contribution in [1.82, 2.24) is 4.90 Å². The van der Waals surface area contributed by atoms with Gasteiger partial charge in [0.1, 0.15) is 17.2 Å². The smallest absolute Gasteiger partial charge is 0.407 e. The van der Waals surface area contributed by atoms with Gasteiger partial charge in [-0.25, -0.2) is 14.0 Å². The van der Waals surface area contributed by atoms with Gasteiger partial charge in [0.25, 0.3) is 0 Å². The first-order chi connectivity index (χ1) is 16.0. The highest BCUT2D eigenvalue weighted by atomic mass is 19.1. The number of piperidine rings is 1. The maximum Gasteiger partial charge on any atom is 0.407 e. The minimum atomic E-state index is -1.13. The number of likely N-dealkylation sites (tertiary alicyclic amines) is 1. The first-order valence-electron chi connectivity index (χ1n) is 11.0. The van der Waals surface area contributed by atoms with Gasteiger partial charge in [-0.05, 0) is 50.5 Å². The zero-order valence-electron chi connectivity index (χ0n) is 19.4. The van der Waals surface area contributed by atoms with Crippen molar-refractivity contribution in [3.05, 3.63) is 66.2 Å². The summed E-state index contributed by atoms with van der Waals surface area (Å²) in [5, 5.41) is 9.46. The van der Waals surface area contributed by atoms with Crippen LogP contribution in [0.1, 0.15) is 39.2 Å². The molecule has 0 aliphatic carbocycles. The SMILES string of the molecule is CC(C)(C)OC(=O)/C=C/Oc1cccc(F)c1-c1cccc(CC2C(=O)CCCN2C(=O)O)c1. The molecule has 1 saturated heterocycles. The Bertz CT molecular complexity index is 1100. The number of hydrogen-bond acceptors (Lipinski definition) is 5. The molecular formula is C26H28FNO6. The fraction of sp³-hybridized carbons (Fsp3) is 0.346. The molecule has 1 fully saturated rings. The molecule has 7 nitrogen and oxygen atoms in total. The van der Waals surface area contributed by atoms with Crippen LogP contribution >= 0.6 is 0 Å². The lowest BCUT2D eigenvalue weighted by Gasteiger charge is -2.32. The van der Waals surface area contributed by atoms with Crippen LogP contribution in [0.25, 0.3) is 11.1 Å². The normalized spacial score (nSPS) is 16.5. The Balaban J connectivity index is 1.84. The van der Waals surface area contributed by atoms with E-state index in [0.29, 0.717) is 30.5 Å². The van der Waals surface area contributed by atoms with E-state index in [-0.39, 0.29) is 23.5 Å². The van der Waals surface area contributed by atoms with Gasteiger partial charge in [0.15, 0.2) is 5.78 Å². The standard InChI is InChI=1S/C26H28FNO6/c1-26(2,3)34-23(30)12-14-33-22-11-5-9-19(27)24(22)18-8-4-7-17(15-18)16-20-21(29)10-6-13-28(20)25(31)32/h4-5,7-9,11-12,14-15,20H,6,10,13,16H2,1-3H3,(H,31,32)/b14-12+. The molecule has 180 valence electrons. The van der Waals surface area contributed by atoms with Gasteiger partial charge >= 0.3 is 12.1 Å². The van der Waals surface area contributed by atoms with Gasteiger partial charge in [-0.1, -0.05) is 30.3 Å². The molecule has 0 saturated carbocycles. The molecule has 1 heterocycles. The van der Waals surface area contributed by atoms with Crippen LogP contribution in [0.5, 0.6) is 5.75 Å². The third-order valence-electron chi connectivity index (χ3n) is 5.24. The number of amides is 1. The van der Waals surface area contributed by atoms with Crippen molar-refractivity contribution in [2.75, 3.05) is 6.54 Å². The van der Waals surface area contributed by atoms with E-state index in [4.69, 9.17) is 9.47 Å². The van der Waals surface area contributed by atoms with E-state index < -0.39 is 29.5 Å². The largest absolute Gasteiger partial charge is 0.465 e. The Kier molecular flexibility index (Phi) is 7.71. The molecule has 1 aliphatic rings. The molecule has 8 heteroatoms. The molecule has 0 spiro atoms. The van der Waals surface area contributed by atoms with Crippen molar-refractivity contribution in [2.24, 2.45) is 0 Å². The van der Waals surface area contributed by atoms with E-state index in [1.165, 1.54) is 12.1 Å². The molecule has 0 aromatic heterocycles. The highest BCUT2D eigenvalue weighted by Crippen LogP contribution is 2.34. The Hall–Kier alpha value is -3.68. The van der Waals surface area contributed by atoms with Crippen LogP contribution in [0.2, 0.25) is 0 Å². The van der Waals surface area contributed by atoms with Gasteiger partial charge in [-0.3, -0.25) is 9.69 Å². The predicted molar refractivity (Wildman–Crippen MR) is 124 cm³/mol. The van der Waals surface area contributed by atoms with Crippen molar-refractivity contribution in [3.63, 3.8) is 0 Å². The van der Waals surface area contributed by atoms with Gasteiger partial charge in [0, 0.05) is 19.4 Å². The molecule has 0 radical (unpaired) electrons. The van der Waals surface area contributed by atoms with Gasteiger partial charge < -0.3 is 14.6 Å². The first kappa shape index (κ1) is 25.0. The number of carbonyl (C=O) groups excluding carboxylic acids is 2. The molecule has 34 heavy (non-hydrogen) atoms. The summed E-state index contributed by atoms with van der Waals surface area (Å²) in [7, 11) is 0. The summed E-state index contributed by atoms with van der Waals surface area (Å²) in [5.74, 6) is -1.05. The number of halogens is 1. The van der Waals surface area contributed by atoms with Gasteiger partial charge in [-0.15, -0.1) is 0 Å². The number of carboxylic acid groups (broad SMARTS) is 1. The average Bonchev–Trinajstić information content (AvgIpc) is 2.74. The van der Waals surface area contributed by atoms with Gasteiger partial charge in [-0.2, -0.15) is 0 Å². The van der Waals surface area contributed by atoms with Crippen molar-refractivity contribution < 1.29 is 33.4 Å². The van der Waals surface area contributed by atoms with E-state index in [2.05, 4.69) is 0 Å². The molecular weight excluding hydrogens is 441 g/mol. The summed E-state index contributed by atoms with van der Waals surface area (Å²) in [6, 6.07) is 10.5. The first-order valence-corrected chi connectivity index (χ1v) is 11.0. The summed E-state index contributed by atoms with van der Waals surface area (Å²) in [6.45, 7) is 5.54. The van der Waals surface area contributed by atoms with Crippen LogP contribution in [0.4, 0.5) is 9.18 Å². The van der Waals surface area contributed by atoms with Gasteiger partial charge in [0.05, 0.1) is 23.9 Å². The van der Waals surface area contributed by atoms with Crippen LogP contribution in [0.15, 0.2) is 54.8 Å². The minimum Gasteiger partial charge on any atom is -0.465 e. The molecule has 1 N–H and O–H groups in total. The summed E-state index contributed by atoms with van der Waals surface area (Å²) in [5.41, 5.74) is 0.731. The molecule has 0 bridgehead atoms. The van der Waals surface area contributed by atoms with E-state index in [9.17, 15) is 23.9 Å². The maximum atomic E-state index is 14.8. The Morgan fingerprint density at radius 3 is 2.65 bits per heavy atom. The zero-order valence-corrected chi connectivity index (χ0v) is 19.4. The van der Waals surface area contributed by atoms with Crippen molar-refractivity contribution >= 4 is 17.8 Å². The number of ether oxygens (including phenoxy) is 2. The second-order valence-corrected chi connectivity index (χ2v) is 9.03. The molecule has 1 atom stereocenters. The molecule has 1 unspecified atom stereocenters. The van der Waals surface area contributed by atoms with Crippen molar-refractivity contribution in [2.45, 2.75) is 51.7 Å². The number of hydrogen-bond donors (Lipinski definition) is 1. The highest BCUT2D eigenvalue weighted by Gasteiger charge is 2.33. The lowest BCUT2D eigenvalue weighted by atomic mass is 9.93. The molecule has 2 aromatic carbocycles. The Morgan fingerprint density at radius 1 is 1.21 bits per heavy atom. The Labute approximate surface area is 197 Å². The van der Waals surface area contributed by atoms with E-state index in [1.54, 1.807) is 51.1 Å². The summed E-state index contributed by atoms with van der Waals surface area (Å²) < 4.78 is 25.6. The zero-order chi connectivity index (χ0) is 24.9. The second kappa shape index (κ2) is 10.5. The number of rotatable bonds is 6. The topological polar surface area (TPSA) is 93.1 Å². The molecule has 3 rings (SSSR count).